The monoisotopic (exact) mass is 299 g/mol. The number of aryl methyl sites for hydroxylation is 1. The first-order valence-electron chi connectivity index (χ1n) is 6.09. The lowest BCUT2D eigenvalue weighted by molar-refractivity contribution is 0.0753. The Morgan fingerprint density at radius 3 is 2.88 bits per heavy atom. The lowest BCUT2D eigenvalue weighted by Gasteiger charge is -2.19. The van der Waals surface area contributed by atoms with Crippen LogP contribution in [0, 0.1) is 12.8 Å². The zero-order chi connectivity index (χ0) is 12.4. The molecule has 2 heterocycles. The summed E-state index contributed by atoms with van der Waals surface area (Å²) < 4.78 is 0.791. The van der Waals surface area contributed by atoms with Crippen molar-refractivity contribution in [3.05, 3.63) is 15.9 Å². The van der Waals surface area contributed by atoms with Crippen LogP contribution in [-0.2, 0) is 0 Å². The molecule has 1 aromatic rings. The third-order valence-corrected chi connectivity index (χ3v) is 4.35. The smallest absolute Gasteiger partial charge is 0.275 e. The van der Waals surface area contributed by atoms with E-state index in [-0.39, 0.29) is 5.91 Å². The molecule has 1 N–H and O–H groups in total. The number of halogens is 1. The maximum absolute atomic E-state index is 12.3. The molecule has 0 saturated carbocycles. The molecule has 1 fully saturated rings. The molecule has 0 spiro atoms. The molecule has 1 saturated heterocycles. The topological polar surface area (TPSA) is 49.0 Å². The van der Waals surface area contributed by atoms with Crippen molar-refractivity contribution in [2.75, 3.05) is 13.1 Å². The molecule has 94 valence electrons. The molecule has 0 bridgehead atoms. The van der Waals surface area contributed by atoms with Crippen LogP contribution in [-0.4, -0.2) is 34.1 Å². The van der Waals surface area contributed by atoms with Gasteiger partial charge in [0.05, 0.1) is 4.47 Å². The largest absolute Gasteiger partial charge is 0.337 e. The predicted octanol–water partition coefficient (Wildman–Crippen LogP) is 2.74. The number of amides is 1. The normalized spacial score (nSPS) is 21.4. The molecule has 2 rings (SSSR count). The van der Waals surface area contributed by atoms with Crippen molar-refractivity contribution in [3.8, 4) is 0 Å². The molecule has 1 aliphatic rings. The van der Waals surface area contributed by atoms with Gasteiger partial charge in [-0.2, -0.15) is 5.10 Å². The molecule has 0 unspecified atom stereocenters. The molecule has 1 atom stereocenters. The standard InChI is InChI=1S/C12H18BrN3O/c1-8-4-3-6-16(7-5-8)12(17)11-10(13)9(2)14-15-11/h8H,3-7H2,1-2H3,(H,14,15)/t8-/m0/s1. The Kier molecular flexibility index (Phi) is 3.86. The van der Waals surface area contributed by atoms with Crippen molar-refractivity contribution in [2.24, 2.45) is 5.92 Å². The number of H-pyrrole nitrogens is 1. The number of carbonyl (C=O) groups is 1. The highest BCUT2D eigenvalue weighted by molar-refractivity contribution is 9.10. The third kappa shape index (κ3) is 2.70. The minimum atomic E-state index is 0.0373. The predicted molar refractivity (Wildman–Crippen MR) is 69.9 cm³/mol. The first-order chi connectivity index (χ1) is 8.09. The van der Waals surface area contributed by atoms with Crippen LogP contribution in [0.25, 0.3) is 0 Å². The number of likely N-dealkylation sites (tertiary alicyclic amines) is 1. The van der Waals surface area contributed by atoms with Gasteiger partial charge < -0.3 is 4.90 Å². The van der Waals surface area contributed by atoms with Gasteiger partial charge in [-0.1, -0.05) is 6.92 Å². The lowest BCUT2D eigenvalue weighted by atomic mass is 10.0. The minimum absolute atomic E-state index is 0.0373. The van der Waals surface area contributed by atoms with Gasteiger partial charge in [-0.3, -0.25) is 9.89 Å². The zero-order valence-corrected chi connectivity index (χ0v) is 11.9. The summed E-state index contributed by atoms with van der Waals surface area (Å²) in [5, 5.41) is 6.91. The summed E-state index contributed by atoms with van der Waals surface area (Å²) in [5.74, 6) is 0.757. The number of rotatable bonds is 1. The number of aromatic nitrogens is 2. The maximum atomic E-state index is 12.3. The van der Waals surface area contributed by atoms with Crippen LogP contribution < -0.4 is 0 Å². The van der Waals surface area contributed by atoms with Gasteiger partial charge in [0.25, 0.3) is 5.91 Å². The van der Waals surface area contributed by atoms with Crippen LogP contribution in [0.15, 0.2) is 4.47 Å². The van der Waals surface area contributed by atoms with E-state index in [4.69, 9.17) is 0 Å². The summed E-state index contributed by atoms with van der Waals surface area (Å²) >= 11 is 3.41. The number of aromatic amines is 1. The molecular formula is C12H18BrN3O. The van der Waals surface area contributed by atoms with Gasteiger partial charge in [0.1, 0.15) is 0 Å². The van der Waals surface area contributed by atoms with Gasteiger partial charge >= 0.3 is 0 Å². The highest BCUT2D eigenvalue weighted by Gasteiger charge is 2.24. The Bertz CT molecular complexity index is 416. The number of carbonyl (C=O) groups excluding carboxylic acids is 1. The van der Waals surface area contributed by atoms with Crippen LogP contribution in [0.3, 0.4) is 0 Å². The number of nitrogens with zero attached hydrogens (tertiary/aromatic N) is 2. The number of nitrogens with one attached hydrogen (secondary N) is 1. The van der Waals surface area contributed by atoms with Crippen molar-refractivity contribution in [1.82, 2.24) is 15.1 Å². The summed E-state index contributed by atoms with van der Waals surface area (Å²) in [5.41, 5.74) is 1.41. The Hall–Kier alpha value is -0.840. The van der Waals surface area contributed by atoms with E-state index < -0.39 is 0 Å². The van der Waals surface area contributed by atoms with Crippen molar-refractivity contribution < 1.29 is 4.79 Å². The quantitative estimate of drug-likeness (QED) is 0.867. The Morgan fingerprint density at radius 1 is 1.47 bits per heavy atom. The first kappa shape index (κ1) is 12.6. The van der Waals surface area contributed by atoms with Gasteiger partial charge in [0.2, 0.25) is 0 Å². The maximum Gasteiger partial charge on any atom is 0.275 e. The van der Waals surface area contributed by atoms with E-state index in [9.17, 15) is 4.79 Å². The zero-order valence-electron chi connectivity index (χ0n) is 10.3. The molecule has 4 nitrogen and oxygen atoms in total. The van der Waals surface area contributed by atoms with Crippen LogP contribution in [0.1, 0.15) is 42.4 Å². The summed E-state index contributed by atoms with van der Waals surface area (Å²) in [6.45, 7) is 5.85. The fourth-order valence-corrected chi connectivity index (χ4v) is 2.52. The number of hydrogen-bond donors (Lipinski definition) is 1. The summed E-state index contributed by atoms with van der Waals surface area (Å²) in [6, 6.07) is 0. The summed E-state index contributed by atoms with van der Waals surface area (Å²) in [7, 11) is 0. The van der Waals surface area contributed by atoms with Crippen LogP contribution in [0.5, 0.6) is 0 Å². The molecule has 1 aliphatic heterocycles. The van der Waals surface area contributed by atoms with E-state index in [2.05, 4.69) is 33.1 Å². The van der Waals surface area contributed by atoms with E-state index in [0.29, 0.717) is 5.69 Å². The fourth-order valence-electron chi connectivity index (χ4n) is 2.17. The van der Waals surface area contributed by atoms with E-state index >= 15 is 0 Å². The Balaban J connectivity index is 2.12. The van der Waals surface area contributed by atoms with Gasteiger partial charge in [-0.15, -0.1) is 0 Å². The van der Waals surface area contributed by atoms with Crippen molar-refractivity contribution in [2.45, 2.75) is 33.1 Å². The average molecular weight is 300 g/mol. The van der Waals surface area contributed by atoms with Gasteiger partial charge in [0.15, 0.2) is 5.69 Å². The fraction of sp³-hybridized carbons (Fsp3) is 0.667. The highest BCUT2D eigenvalue weighted by Crippen LogP contribution is 2.22. The van der Waals surface area contributed by atoms with Gasteiger partial charge in [-0.05, 0) is 48.0 Å². The molecule has 5 heteroatoms. The summed E-state index contributed by atoms with van der Waals surface area (Å²) in [6.07, 6.45) is 3.39. The van der Waals surface area contributed by atoms with Gasteiger partial charge in [-0.25, -0.2) is 0 Å². The Morgan fingerprint density at radius 2 is 2.24 bits per heavy atom. The second-order valence-electron chi connectivity index (χ2n) is 4.84. The Labute approximate surface area is 110 Å². The van der Waals surface area contributed by atoms with Crippen molar-refractivity contribution in [1.29, 1.82) is 0 Å². The van der Waals surface area contributed by atoms with E-state index in [1.54, 1.807) is 0 Å². The molecule has 0 aliphatic carbocycles. The van der Waals surface area contributed by atoms with Crippen LogP contribution in [0.4, 0.5) is 0 Å². The number of hydrogen-bond acceptors (Lipinski definition) is 2. The SMILES string of the molecule is Cc1[nH]nc(C(=O)N2CCC[C@H](C)CC2)c1Br. The van der Waals surface area contributed by atoms with Crippen molar-refractivity contribution in [3.63, 3.8) is 0 Å². The lowest BCUT2D eigenvalue weighted by Crippen LogP contribution is -2.32. The molecule has 0 radical (unpaired) electrons. The molecule has 1 aromatic heterocycles. The van der Waals surface area contributed by atoms with E-state index in [1.807, 2.05) is 11.8 Å². The molecular weight excluding hydrogens is 282 g/mol. The van der Waals surface area contributed by atoms with Gasteiger partial charge in [0, 0.05) is 18.8 Å². The average Bonchev–Trinajstić information content (AvgIpc) is 2.53. The second-order valence-corrected chi connectivity index (χ2v) is 5.63. The molecule has 0 aromatic carbocycles. The third-order valence-electron chi connectivity index (χ3n) is 3.38. The second kappa shape index (κ2) is 5.21. The summed E-state index contributed by atoms with van der Waals surface area (Å²) in [4.78, 5) is 14.2. The first-order valence-corrected chi connectivity index (χ1v) is 6.88. The van der Waals surface area contributed by atoms with Crippen LogP contribution in [0.2, 0.25) is 0 Å². The van der Waals surface area contributed by atoms with E-state index in [0.717, 1.165) is 42.0 Å². The molecule has 17 heavy (non-hydrogen) atoms. The van der Waals surface area contributed by atoms with Crippen LogP contribution >= 0.6 is 15.9 Å². The minimum Gasteiger partial charge on any atom is -0.337 e. The van der Waals surface area contributed by atoms with Crippen molar-refractivity contribution >= 4 is 21.8 Å². The highest BCUT2D eigenvalue weighted by atomic mass is 79.9. The molecule has 1 amide bonds. The van der Waals surface area contributed by atoms with E-state index in [1.165, 1.54) is 6.42 Å².